The van der Waals surface area contributed by atoms with E-state index in [1.54, 1.807) is 12.1 Å². The predicted molar refractivity (Wildman–Crippen MR) is 79.6 cm³/mol. The maximum atomic E-state index is 11.2. The molecule has 0 bridgehead atoms. The Morgan fingerprint density at radius 2 is 1.90 bits per heavy atom. The number of benzene rings is 2. The van der Waals surface area contributed by atoms with E-state index in [0.717, 1.165) is 11.1 Å². The lowest BCUT2D eigenvalue weighted by atomic mass is 10.1. The van der Waals surface area contributed by atoms with Gasteiger partial charge in [0.05, 0.1) is 19.8 Å². The van der Waals surface area contributed by atoms with Crippen LogP contribution in [0.25, 0.3) is 0 Å². The highest BCUT2D eigenvalue weighted by atomic mass is 16.5. The molecule has 0 heterocycles. The van der Waals surface area contributed by atoms with Crippen molar-refractivity contribution in [3.05, 3.63) is 65.2 Å². The van der Waals surface area contributed by atoms with Gasteiger partial charge in [-0.05, 0) is 30.2 Å². The van der Waals surface area contributed by atoms with Crippen LogP contribution in [-0.2, 0) is 11.3 Å². The minimum atomic E-state index is -1.01. The standard InChI is InChI=1S/C17H18O4/c1-12(14-6-4-3-5-7-14)21-11-13-8-9-16(20-2)15(10-13)17(18)19/h3-10,12H,11H2,1-2H3,(H,18,19). The third-order valence-corrected chi connectivity index (χ3v) is 3.26. The van der Waals surface area contributed by atoms with Crippen LogP contribution < -0.4 is 4.74 Å². The molecule has 4 nitrogen and oxygen atoms in total. The second-order valence-corrected chi connectivity index (χ2v) is 4.70. The van der Waals surface area contributed by atoms with Crippen molar-refractivity contribution in [2.45, 2.75) is 19.6 Å². The van der Waals surface area contributed by atoms with Crippen molar-refractivity contribution in [2.24, 2.45) is 0 Å². The molecule has 0 aliphatic rings. The van der Waals surface area contributed by atoms with Gasteiger partial charge >= 0.3 is 5.97 Å². The Labute approximate surface area is 123 Å². The number of hydrogen-bond acceptors (Lipinski definition) is 3. The number of carboxylic acid groups (broad SMARTS) is 1. The quantitative estimate of drug-likeness (QED) is 0.880. The molecule has 0 aromatic heterocycles. The summed E-state index contributed by atoms with van der Waals surface area (Å²) in [6.07, 6.45) is -0.0541. The van der Waals surface area contributed by atoms with Crippen LogP contribution in [-0.4, -0.2) is 18.2 Å². The molecular weight excluding hydrogens is 268 g/mol. The Bertz CT molecular complexity index is 607. The van der Waals surface area contributed by atoms with Crippen molar-refractivity contribution in [1.82, 2.24) is 0 Å². The molecule has 0 amide bonds. The smallest absolute Gasteiger partial charge is 0.339 e. The monoisotopic (exact) mass is 286 g/mol. The van der Waals surface area contributed by atoms with Crippen molar-refractivity contribution < 1.29 is 19.4 Å². The lowest BCUT2D eigenvalue weighted by Crippen LogP contribution is -2.04. The van der Waals surface area contributed by atoms with E-state index in [0.29, 0.717) is 12.4 Å². The van der Waals surface area contributed by atoms with Gasteiger partial charge in [-0.2, -0.15) is 0 Å². The van der Waals surface area contributed by atoms with Crippen molar-refractivity contribution in [3.63, 3.8) is 0 Å². The number of ether oxygens (including phenoxy) is 2. The first-order chi connectivity index (χ1) is 10.1. The third-order valence-electron chi connectivity index (χ3n) is 3.26. The summed E-state index contributed by atoms with van der Waals surface area (Å²) in [5, 5.41) is 9.16. The molecule has 2 rings (SSSR count). The molecule has 2 aromatic rings. The number of carbonyl (C=O) groups is 1. The molecule has 0 radical (unpaired) electrons. The number of aromatic carboxylic acids is 1. The normalized spacial score (nSPS) is 11.9. The fraction of sp³-hybridized carbons (Fsp3) is 0.235. The highest BCUT2D eigenvalue weighted by Crippen LogP contribution is 2.22. The molecule has 0 fully saturated rings. The summed E-state index contributed by atoms with van der Waals surface area (Å²) in [5.41, 5.74) is 2.03. The second-order valence-electron chi connectivity index (χ2n) is 4.70. The SMILES string of the molecule is COc1ccc(COC(C)c2ccccc2)cc1C(=O)O. The number of rotatable bonds is 6. The largest absolute Gasteiger partial charge is 0.496 e. The van der Waals surface area contributed by atoms with E-state index >= 15 is 0 Å². The molecule has 0 aliphatic carbocycles. The molecular formula is C17H18O4. The average molecular weight is 286 g/mol. The zero-order chi connectivity index (χ0) is 15.2. The summed E-state index contributed by atoms with van der Waals surface area (Å²) < 4.78 is 10.8. The molecule has 4 heteroatoms. The zero-order valence-electron chi connectivity index (χ0n) is 12.1. The van der Waals surface area contributed by atoms with Crippen LogP contribution in [0, 0.1) is 0 Å². The Morgan fingerprint density at radius 1 is 1.19 bits per heavy atom. The lowest BCUT2D eigenvalue weighted by molar-refractivity contribution is 0.0524. The average Bonchev–Trinajstić information content (AvgIpc) is 2.53. The van der Waals surface area contributed by atoms with Crippen molar-refractivity contribution in [1.29, 1.82) is 0 Å². The fourth-order valence-corrected chi connectivity index (χ4v) is 2.05. The highest BCUT2D eigenvalue weighted by Gasteiger charge is 2.12. The summed E-state index contributed by atoms with van der Waals surface area (Å²) >= 11 is 0. The van der Waals surface area contributed by atoms with Crippen molar-refractivity contribution in [3.8, 4) is 5.75 Å². The summed E-state index contributed by atoms with van der Waals surface area (Å²) in [6.45, 7) is 2.32. The van der Waals surface area contributed by atoms with Gasteiger partial charge in [0.2, 0.25) is 0 Å². The van der Waals surface area contributed by atoms with Gasteiger partial charge in [-0.3, -0.25) is 0 Å². The van der Waals surface area contributed by atoms with E-state index in [-0.39, 0.29) is 11.7 Å². The molecule has 1 N–H and O–H groups in total. The van der Waals surface area contributed by atoms with E-state index in [1.807, 2.05) is 43.3 Å². The molecule has 0 saturated heterocycles. The Morgan fingerprint density at radius 3 is 2.52 bits per heavy atom. The summed E-state index contributed by atoms with van der Waals surface area (Å²) in [7, 11) is 1.45. The van der Waals surface area contributed by atoms with E-state index in [4.69, 9.17) is 14.6 Å². The number of methoxy groups -OCH3 is 1. The van der Waals surface area contributed by atoms with Gasteiger partial charge in [0.25, 0.3) is 0 Å². The molecule has 21 heavy (non-hydrogen) atoms. The van der Waals surface area contributed by atoms with Crippen LogP contribution in [0.4, 0.5) is 0 Å². The molecule has 0 saturated carbocycles. The summed E-state index contributed by atoms with van der Waals surface area (Å²) in [5.74, 6) is -0.660. The molecule has 2 aromatic carbocycles. The topological polar surface area (TPSA) is 55.8 Å². The Hall–Kier alpha value is -2.33. The van der Waals surface area contributed by atoms with Crippen LogP contribution in [0.2, 0.25) is 0 Å². The van der Waals surface area contributed by atoms with Crippen LogP contribution in [0.3, 0.4) is 0 Å². The molecule has 0 spiro atoms. The van der Waals surface area contributed by atoms with Gasteiger partial charge in [0, 0.05) is 0 Å². The van der Waals surface area contributed by atoms with Gasteiger partial charge in [-0.15, -0.1) is 0 Å². The van der Waals surface area contributed by atoms with Gasteiger partial charge in [-0.25, -0.2) is 4.79 Å². The van der Waals surface area contributed by atoms with Crippen molar-refractivity contribution >= 4 is 5.97 Å². The summed E-state index contributed by atoms with van der Waals surface area (Å²) in [6, 6.07) is 14.9. The minimum absolute atomic E-state index is 0.0541. The van der Waals surface area contributed by atoms with Crippen LogP contribution in [0.1, 0.15) is 34.5 Å². The highest BCUT2D eigenvalue weighted by molar-refractivity contribution is 5.91. The van der Waals surface area contributed by atoms with Crippen LogP contribution >= 0.6 is 0 Å². The van der Waals surface area contributed by atoms with E-state index in [1.165, 1.54) is 7.11 Å². The first-order valence-corrected chi connectivity index (χ1v) is 6.68. The number of carboxylic acids is 1. The Balaban J connectivity index is 2.07. The van der Waals surface area contributed by atoms with Crippen molar-refractivity contribution in [2.75, 3.05) is 7.11 Å². The minimum Gasteiger partial charge on any atom is -0.496 e. The third kappa shape index (κ3) is 3.83. The predicted octanol–water partition coefficient (Wildman–Crippen LogP) is 3.67. The molecule has 1 unspecified atom stereocenters. The summed E-state index contributed by atoms with van der Waals surface area (Å²) in [4.78, 5) is 11.2. The van der Waals surface area contributed by atoms with Gasteiger partial charge in [0.15, 0.2) is 0 Å². The fourth-order valence-electron chi connectivity index (χ4n) is 2.05. The first-order valence-electron chi connectivity index (χ1n) is 6.68. The second kappa shape index (κ2) is 6.90. The lowest BCUT2D eigenvalue weighted by Gasteiger charge is -2.14. The van der Waals surface area contributed by atoms with E-state index < -0.39 is 5.97 Å². The van der Waals surface area contributed by atoms with Gasteiger partial charge in [-0.1, -0.05) is 36.4 Å². The Kier molecular flexibility index (Phi) is 4.95. The van der Waals surface area contributed by atoms with Gasteiger partial charge < -0.3 is 14.6 Å². The maximum absolute atomic E-state index is 11.2. The van der Waals surface area contributed by atoms with Crippen LogP contribution in [0.15, 0.2) is 48.5 Å². The molecule has 0 aliphatic heterocycles. The molecule has 110 valence electrons. The number of hydrogen-bond donors (Lipinski definition) is 1. The zero-order valence-corrected chi connectivity index (χ0v) is 12.1. The van der Waals surface area contributed by atoms with Gasteiger partial charge in [0.1, 0.15) is 11.3 Å². The van der Waals surface area contributed by atoms with E-state index in [9.17, 15) is 4.79 Å². The van der Waals surface area contributed by atoms with Crippen LogP contribution in [0.5, 0.6) is 5.75 Å². The molecule has 1 atom stereocenters. The maximum Gasteiger partial charge on any atom is 0.339 e. The van der Waals surface area contributed by atoms with E-state index in [2.05, 4.69) is 0 Å². The first kappa shape index (κ1) is 15.1.